The SMILES string of the molecule is CC(=O)OCc1ccc(NC(=O)[C@H](CCCNC(N)=O)NC(=O)C(NC(C)C)C(C)C)cc1. The van der Waals surface area contributed by atoms with E-state index in [0.717, 1.165) is 5.56 Å². The summed E-state index contributed by atoms with van der Waals surface area (Å²) in [6.07, 6.45) is 0.765. The molecule has 10 heteroatoms. The van der Waals surface area contributed by atoms with Gasteiger partial charge >= 0.3 is 12.0 Å². The molecule has 0 aliphatic carbocycles. The maximum Gasteiger partial charge on any atom is 0.312 e. The molecule has 6 N–H and O–H groups in total. The largest absolute Gasteiger partial charge is 0.461 e. The molecular weight excluding hydrogens is 426 g/mol. The molecule has 0 aliphatic heterocycles. The highest BCUT2D eigenvalue weighted by Gasteiger charge is 2.27. The van der Waals surface area contributed by atoms with E-state index in [9.17, 15) is 19.2 Å². The highest BCUT2D eigenvalue weighted by molar-refractivity contribution is 5.97. The lowest BCUT2D eigenvalue weighted by Crippen LogP contribution is -2.54. The minimum atomic E-state index is -0.803. The second-order valence-electron chi connectivity index (χ2n) is 8.50. The Morgan fingerprint density at radius 2 is 1.64 bits per heavy atom. The van der Waals surface area contributed by atoms with Gasteiger partial charge in [-0.3, -0.25) is 14.4 Å². The topological polar surface area (TPSA) is 152 Å². The van der Waals surface area contributed by atoms with Crippen molar-refractivity contribution in [2.45, 2.75) is 72.2 Å². The van der Waals surface area contributed by atoms with Gasteiger partial charge in [-0.1, -0.05) is 39.8 Å². The first-order valence-electron chi connectivity index (χ1n) is 11.1. The van der Waals surface area contributed by atoms with Crippen molar-refractivity contribution >= 4 is 29.5 Å². The first kappa shape index (κ1) is 27.9. The number of primary amides is 1. The van der Waals surface area contributed by atoms with E-state index in [0.29, 0.717) is 18.5 Å². The lowest BCUT2D eigenvalue weighted by Gasteiger charge is -2.27. The average Bonchev–Trinajstić information content (AvgIpc) is 2.72. The van der Waals surface area contributed by atoms with E-state index in [-0.39, 0.29) is 42.9 Å². The highest BCUT2D eigenvalue weighted by atomic mass is 16.5. The van der Waals surface area contributed by atoms with E-state index < -0.39 is 18.1 Å². The number of esters is 1. The van der Waals surface area contributed by atoms with Gasteiger partial charge in [-0.15, -0.1) is 0 Å². The molecule has 0 spiro atoms. The van der Waals surface area contributed by atoms with Crippen LogP contribution in [-0.2, 0) is 25.7 Å². The van der Waals surface area contributed by atoms with Crippen LogP contribution in [0.25, 0.3) is 0 Å². The molecule has 0 aliphatic rings. The molecular formula is C23H37N5O5. The number of carbonyl (C=O) groups is 4. The monoisotopic (exact) mass is 463 g/mol. The van der Waals surface area contributed by atoms with Crippen LogP contribution < -0.4 is 27.0 Å². The number of benzene rings is 1. The normalized spacial score (nSPS) is 12.7. The van der Waals surface area contributed by atoms with Crippen LogP contribution in [0, 0.1) is 5.92 Å². The zero-order chi connectivity index (χ0) is 25.0. The number of hydrogen-bond donors (Lipinski definition) is 5. The fraction of sp³-hybridized carbons (Fsp3) is 0.565. The standard InChI is InChI=1S/C23H37N5O5/c1-14(2)20(26-15(3)4)22(31)28-19(7-6-12-25-23(24)32)21(30)27-18-10-8-17(9-11-18)13-33-16(5)29/h8-11,14-15,19-20,26H,6-7,12-13H2,1-5H3,(H,27,30)(H,28,31)(H3,24,25,32)/t19-,20?/m0/s1. The second-order valence-corrected chi connectivity index (χ2v) is 8.50. The molecule has 33 heavy (non-hydrogen) atoms. The van der Waals surface area contributed by atoms with Gasteiger partial charge in [0.2, 0.25) is 11.8 Å². The predicted octanol–water partition coefficient (Wildman–Crippen LogP) is 1.64. The molecule has 1 unspecified atom stereocenters. The van der Waals surface area contributed by atoms with Crippen LogP contribution in [0.15, 0.2) is 24.3 Å². The van der Waals surface area contributed by atoms with E-state index in [1.165, 1.54) is 6.92 Å². The van der Waals surface area contributed by atoms with Crippen LogP contribution in [0.4, 0.5) is 10.5 Å². The lowest BCUT2D eigenvalue weighted by atomic mass is 10.0. The fourth-order valence-electron chi connectivity index (χ4n) is 3.08. The Hall–Kier alpha value is -3.14. The van der Waals surface area contributed by atoms with E-state index in [4.69, 9.17) is 10.5 Å². The summed E-state index contributed by atoms with van der Waals surface area (Å²) in [5.41, 5.74) is 6.41. The molecule has 184 valence electrons. The molecule has 0 saturated carbocycles. The second kappa shape index (κ2) is 14.1. The number of carbonyl (C=O) groups excluding carboxylic acids is 4. The Bertz CT molecular complexity index is 795. The van der Waals surface area contributed by atoms with Gasteiger partial charge < -0.3 is 31.7 Å². The van der Waals surface area contributed by atoms with Crippen LogP contribution in [-0.4, -0.2) is 48.5 Å². The number of ether oxygens (including phenoxy) is 1. The summed E-state index contributed by atoms with van der Waals surface area (Å²) in [5.74, 6) is -0.985. The van der Waals surface area contributed by atoms with Gasteiger partial charge in [-0.2, -0.15) is 0 Å². The lowest BCUT2D eigenvalue weighted by molar-refractivity contribution is -0.142. The summed E-state index contributed by atoms with van der Waals surface area (Å²) in [6.45, 7) is 9.54. The minimum Gasteiger partial charge on any atom is -0.461 e. The number of urea groups is 1. The van der Waals surface area contributed by atoms with Crippen LogP contribution in [0.2, 0.25) is 0 Å². The Morgan fingerprint density at radius 1 is 1.00 bits per heavy atom. The molecule has 1 rings (SSSR count). The average molecular weight is 464 g/mol. The zero-order valence-electron chi connectivity index (χ0n) is 20.1. The molecule has 0 fully saturated rings. The van der Waals surface area contributed by atoms with E-state index in [1.807, 2.05) is 27.7 Å². The van der Waals surface area contributed by atoms with Crippen molar-refractivity contribution in [2.24, 2.45) is 11.7 Å². The van der Waals surface area contributed by atoms with Crippen LogP contribution in [0.1, 0.15) is 53.0 Å². The van der Waals surface area contributed by atoms with Crippen molar-refractivity contribution in [3.63, 3.8) is 0 Å². The third-order valence-corrected chi connectivity index (χ3v) is 4.73. The Morgan fingerprint density at radius 3 is 2.15 bits per heavy atom. The summed E-state index contributed by atoms with van der Waals surface area (Å²) in [4.78, 5) is 47.7. The third kappa shape index (κ3) is 11.3. The van der Waals surface area contributed by atoms with E-state index in [2.05, 4.69) is 21.3 Å². The molecule has 0 heterocycles. The van der Waals surface area contributed by atoms with Gasteiger partial charge in [0.15, 0.2) is 0 Å². The van der Waals surface area contributed by atoms with Crippen LogP contribution >= 0.6 is 0 Å². The number of hydrogen-bond acceptors (Lipinski definition) is 6. The van der Waals surface area contributed by atoms with Crippen molar-refractivity contribution in [1.29, 1.82) is 0 Å². The van der Waals surface area contributed by atoms with Gasteiger partial charge in [0.25, 0.3) is 0 Å². The molecule has 0 saturated heterocycles. The molecule has 1 aromatic rings. The first-order valence-corrected chi connectivity index (χ1v) is 11.1. The third-order valence-electron chi connectivity index (χ3n) is 4.73. The van der Waals surface area contributed by atoms with Gasteiger partial charge in [-0.25, -0.2) is 4.79 Å². The van der Waals surface area contributed by atoms with E-state index in [1.54, 1.807) is 24.3 Å². The number of anilines is 1. The van der Waals surface area contributed by atoms with Crippen LogP contribution in [0.3, 0.4) is 0 Å². The van der Waals surface area contributed by atoms with Crippen LogP contribution in [0.5, 0.6) is 0 Å². The summed E-state index contributed by atoms with van der Waals surface area (Å²) < 4.78 is 4.95. The van der Waals surface area contributed by atoms with Gasteiger partial charge in [0, 0.05) is 25.2 Å². The van der Waals surface area contributed by atoms with Crippen molar-refractivity contribution in [1.82, 2.24) is 16.0 Å². The van der Waals surface area contributed by atoms with Crippen molar-refractivity contribution in [2.75, 3.05) is 11.9 Å². The minimum absolute atomic E-state index is 0.0254. The quantitative estimate of drug-likeness (QED) is 0.222. The first-order chi connectivity index (χ1) is 15.5. The highest BCUT2D eigenvalue weighted by Crippen LogP contribution is 2.13. The predicted molar refractivity (Wildman–Crippen MR) is 126 cm³/mol. The maximum absolute atomic E-state index is 13.0. The van der Waals surface area contributed by atoms with Gasteiger partial charge in [0.1, 0.15) is 12.6 Å². The number of nitrogens with one attached hydrogen (secondary N) is 4. The van der Waals surface area contributed by atoms with Crippen molar-refractivity contribution in [3.05, 3.63) is 29.8 Å². The molecule has 1 aromatic carbocycles. The molecule has 0 bridgehead atoms. The molecule has 0 radical (unpaired) electrons. The van der Waals surface area contributed by atoms with E-state index >= 15 is 0 Å². The van der Waals surface area contributed by atoms with Gasteiger partial charge in [0.05, 0.1) is 6.04 Å². The number of amides is 4. The van der Waals surface area contributed by atoms with Crippen molar-refractivity contribution < 1.29 is 23.9 Å². The number of nitrogens with two attached hydrogens (primary N) is 1. The molecule has 10 nitrogen and oxygen atoms in total. The summed E-state index contributed by atoms with van der Waals surface area (Å²) in [7, 11) is 0. The molecule has 2 atom stereocenters. The summed E-state index contributed by atoms with van der Waals surface area (Å²) in [5, 5.41) is 11.4. The number of rotatable bonds is 13. The zero-order valence-corrected chi connectivity index (χ0v) is 20.1. The Kier molecular flexibility index (Phi) is 11.9. The van der Waals surface area contributed by atoms with Crippen molar-refractivity contribution in [3.8, 4) is 0 Å². The fourth-order valence-corrected chi connectivity index (χ4v) is 3.08. The van der Waals surface area contributed by atoms with Gasteiger partial charge in [-0.05, 0) is 36.5 Å². The summed E-state index contributed by atoms with van der Waals surface area (Å²) in [6, 6.07) is 5.07. The molecule has 4 amide bonds. The Balaban J connectivity index is 2.86. The Labute approximate surface area is 195 Å². The maximum atomic E-state index is 13.0. The molecule has 0 aromatic heterocycles. The smallest absolute Gasteiger partial charge is 0.312 e. The summed E-state index contributed by atoms with van der Waals surface area (Å²) >= 11 is 0.